The highest BCUT2D eigenvalue weighted by Gasteiger charge is 2.30. The monoisotopic (exact) mass is 267 g/mol. The number of amides is 2. The summed E-state index contributed by atoms with van der Waals surface area (Å²) in [6, 6.07) is -0.259. The zero-order valence-electron chi connectivity index (χ0n) is 11.6. The molecule has 106 valence electrons. The fraction of sp³-hybridized carbons (Fsp3) is 0.750. The maximum atomic E-state index is 11.8. The number of aryl methyl sites for hydroxylation is 1. The molecule has 0 spiro atoms. The minimum atomic E-state index is -0.259. The molecule has 0 unspecified atom stereocenters. The van der Waals surface area contributed by atoms with Crippen LogP contribution in [0.25, 0.3) is 0 Å². The molecule has 0 aliphatic carbocycles. The van der Waals surface area contributed by atoms with E-state index in [1.807, 2.05) is 0 Å². The topological polar surface area (TPSA) is 81.1 Å². The lowest BCUT2D eigenvalue weighted by Crippen LogP contribution is -2.37. The van der Waals surface area contributed by atoms with Crippen molar-refractivity contribution in [3.8, 4) is 0 Å². The van der Waals surface area contributed by atoms with E-state index in [1.165, 1.54) is 11.0 Å². The summed E-state index contributed by atoms with van der Waals surface area (Å²) in [5, 5.41) is 9.41. The molecule has 2 N–H and O–H groups in total. The van der Waals surface area contributed by atoms with Crippen molar-refractivity contribution in [1.29, 1.82) is 0 Å². The number of hydrogen-bond donors (Lipinski definition) is 2. The molecule has 0 aromatic carbocycles. The number of hydrogen-bond acceptors (Lipinski definition) is 4. The second-order valence-corrected chi connectivity index (χ2v) is 5.17. The van der Waals surface area contributed by atoms with Gasteiger partial charge in [-0.3, -0.25) is 5.32 Å². The maximum Gasteiger partial charge on any atom is 0.321 e. The summed E-state index contributed by atoms with van der Waals surface area (Å²) in [5.74, 6) is 1.28. The van der Waals surface area contributed by atoms with Crippen molar-refractivity contribution in [2.75, 3.05) is 18.5 Å². The number of carbonyl (C=O) groups is 1. The van der Waals surface area contributed by atoms with Crippen LogP contribution in [-0.4, -0.2) is 40.1 Å². The van der Waals surface area contributed by atoms with Crippen molar-refractivity contribution >= 4 is 12.0 Å². The van der Waals surface area contributed by atoms with Crippen LogP contribution in [-0.2, 0) is 11.8 Å². The van der Waals surface area contributed by atoms with E-state index in [9.17, 15) is 4.79 Å². The Bertz CT molecular complexity index is 432. The number of nitrogens with one attached hydrogen (secondary N) is 2. The zero-order valence-corrected chi connectivity index (χ0v) is 11.6. The molecule has 7 heteroatoms. The summed E-state index contributed by atoms with van der Waals surface area (Å²) < 4.78 is 7.20. The fourth-order valence-electron chi connectivity index (χ4n) is 2.39. The molecular weight excluding hydrogens is 246 g/mol. The lowest BCUT2D eigenvalue weighted by molar-refractivity contribution is 0.0546. The van der Waals surface area contributed by atoms with Crippen molar-refractivity contribution in [3.63, 3.8) is 0 Å². The van der Waals surface area contributed by atoms with Gasteiger partial charge in [0.15, 0.2) is 0 Å². The van der Waals surface area contributed by atoms with Gasteiger partial charge in [0, 0.05) is 26.1 Å². The summed E-state index contributed by atoms with van der Waals surface area (Å²) in [5.41, 5.74) is 0. The number of nitrogens with zero attached hydrogens (tertiary/aromatic N) is 3. The highest BCUT2D eigenvalue weighted by atomic mass is 16.5. The molecule has 1 fully saturated rings. The molecule has 2 atom stereocenters. The van der Waals surface area contributed by atoms with E-state index in [1.54, 1.807) is 7.05 Å². The Morgan fingerprint density at radius 1 is 1.63 bits per heavy atom. The average molecular weight is 267 g/mol. The van der Waals surface area contributed by atoms with E-state index in [0.717, 1.165) is 13.0 Å². The lowest BCUT2D eigenvalue weighted by Gasteiger charge is -2.22. The van der Waals surface area contributed by atoms with Crippen LogP contribution in [0.4, 0.5) is 10.7 Å². The van der Waals surface area contributed by atoms with Gasteiger partial charge in [0.25, 0.3) is 0 Å². The first-order valence-electron chi connectivity index (χ1n) is 6.58. The Morgan fingerprint density at radius 3 is 3.05 bits per heavy atom. The molecule has 2 rings (SSSR count). The number of aromatic nitrogens is 3. The van der Waals surface area contributed by atoms with E-state index < -0.39 is 0 Å². The average Bonchev–Trinajstić information content (AvgIpc) is 2.96. The first-order valence-corrected chi connectivity index (χ1v) is 6.58. The molecule has 1 aliphatic heterocycles. The fourth-order valence-corrected chi connectivity index (χ4v) is 2.39. The van der Waals surface area contributed by atoms with Gasteiger partial charge in [0.05, 0.1) is 6.10 Å². The van der Waals surface area contributed by atoms with Gasteiger partial charge in [0.2, 0.25) is 5.95 Å². The molecule has 1 aromatic heterocycles. The van der Waals surface area contributed by atoms with Gasteiger partial charge >= 0.3 is 6.03 Å². The Kier molecular flexibility index (Phi) is 4.36. The Labute approximate surface area is 112 Å². The molecule has 0 bridgehead atoms. The smallest absolute Gasteiger partial charge is 0.321 e. The van der Waals surface area contributed by atoms with E-state index in [4.69, 9.17) is 4.74 Å². The van der Waals surface area contributed by atoms with Crippen LogP contribution in [0.3, 0.4) is 0 Å². The molecule has 2 amide bonds. The van der Waals surface area contributed by atoms with Gasteiger partial charge in [0.1, 0.15) is 6.33 Å². The summed E-state index contributed by atoms with van der Waals surface area (Å²) >= 11 is 0. The number of anilines is 1. The zero-order chi connectivity index (χ0) is 13.8. The third-order valence-electron chi connectivity index (χ3n) is 3.38. The van der Waals surface area contributed by atoms with Crippen LogP contribution in [0, 0.1) is 11.8 Å². The molecule has 1 saturated heterocycles. The third-order valence-corrected chi connectivity index (χ3v) is 3.38. The quantitative estimate of drug-likeness (QED) is 0.852. The molecule has 7 nitrogen and oxygen atoms in total. The van der Waals surface area contributed by atoms with Crippen LogP contribution in [0.1, 0.15) is 20.3 Å². The maximum absolute atomic E-state index is 11.8. The van der Waals surface area contributed by atoms with Crippen molar-refractivity contribution < 1.29 is 9.53 Å². The van der Waals surface area contributed by atoms with E-state index in [0.29, 0.717) is 24.3 Å². The van der Waals surface area contributed by atoms with Crippen LogP contribution in [0.15, 0.2) is 6.33 Å². The number of carbonyl (C=O) groups excluding carboxylic acids is 1. The van der Waals surface area contributed by atoms with E-state index >= 15 is 0 Å². The second-order valence-electron chi connectivity index (χ2n) is 5.17. The molecular formula is C12H21N5O2. The third kappa shape index (κ3) is 3.44. The van der Waals surface area contributed by atoms with Gasteiger partial charge < -0.3 is 10.1 Å². The van der Waals surface area contributed by atoms with Gasteiger partial charge in [-0.1, -0.05) is 13.8 Å². The van der Waals surface area contributed by atoms with Crippen LogP contribution >= 0.6 is 0 Å². The van der Waals surface area contributed by atoms with Crippen LogP contribution < -0.4 is 10.6 Å². The molecule has 0 saturated carbocycles. The van der Waals surface area contributed by atoms with Crippen LogP contribution in [0.5, 0.6) is 0 Å². The normalized spacial score (nSPS) is 22.7. The SMILES string of the molecule is CC(C)[C@H]1OCC[C@@H]1CNC(=O)Nc1ncnn1C. The molecule has 19 heavy (non-hydrogen) atoms. The highest BCUT2D eigenvalue weighted by molar-refractivity contribution is 5.87. The summed E-state index contributed by atoms with van der Waals surface area (Å²) in [7, 11) is 1.72. The second kappa shape index (κ2) is 6.01. The molecule has 1 aliphatic rings. The largest absolute Gasteiger partial charge is 0.378 e. The van der Waals surface area contributed by atoms with Gasteiger partial charge in [-0.15, -0.1) is 0 Å². The summed E-state index contributed by atoms with van der Waals surface area (Å²) in [4.78, 5) is 15.7. The summed E-state index contributed by atoms with van der Waals surface area (Å²) in [6.45, 7) is 5.68. The minimum Gasteiger partial charge on any atom is -0.378 e. The molecule has 0 radical (unpaired) electrons. The van der Waals surface area contributed by atoms with E-state index in [2.05, 4.69) is 34.6 Å². The van der Waals surface area contributed by atoms with Crippen molar-refractivity contribution in [3.05, 3.63) is 6.33 Å². The highest BCUT2D eigenvalue weighted by Crippen LogP contribution is 2.25. The Morgan fingerprint density at radius 2 is 2.42 bits per heavy atom. The van der Waals surface area contributed by atoms with Crippen molar-refractivity contribution in [2.45, 2.75) is 26.4 Å². The van der Waals surface area contributed by atoms with Gasteiger partial charge in [-0.25, -0.2) is 9.48 Å². The first kappa shape index (κ1) is 13.8. The van der Waals surface area contributed by atoms with Crippen molar-refractivity contribution in [2.24, 2.45) is 18.9 Å². The van der Waals surface area contributed by atoms with E-state index in [-0.39, 0.29) is 12.1 Å². The van der Waals surface area contributed by atoms with Crippen LogP contribution in [0.2, 0.25) is 0 Å². The predicted molar refractivity (Wildman–Crippen MR) is 70.7 cm³/mol. The van der Waals surface area contributed by atoms with Crippen molar-refractivity contribution in [1.82, 2.24) is 20.1 Å². The minimum absolute atomic E-state index is 0.232. The number of ether oxygens (including phenoxy) is 1. The van der Waals surface area contributed by atoms with Gasteiger partial charge in [-0.05, 0) is 12.3 Å². The molecule has 2 heterocycles. The first-order chi connectivity index (χ1) is 9.08. The number of rotatable bonds is 4. The Hall–Kier alpha value is -1.63. The number of urea groups is 1. The Balaban J connectivity index is 1.79. The lowest BCUT2D eigenvalue weighted by atomic mass is 9.93. The summed E-state index contributed by atoms with van der Waals surface area (Å²) in [6.07, 6.45) is 2.62. The van der Waals surface area contributed by atoms with Gasteiger partial charge in [-0.2, -0.15) is 10.1 Å². The predicted octanol–water partition coefficient (Wildman–Crippen LogP) is 0.998. The standard InChI is InChI=1S/C12H21N5O2/c1-8(2)10-9(4-5-19-10)6-13-12(18)16-11-14-7-15-17(11)3/h7-10H,4-6H2,1-3H3,(H2,13,14,15,16,18)/t9-,10-/m1/s1. The molecule has 1 aromatic rings.